The van der Waals surface area contributed by atoms with Crippen LogP contribution in [0, 0.1) is 5.92 Å². The van der Waals surface area contributed by atoms with Gasteiger partial charge in [-0.25, -0.2) is 0 Å². The molecule has 1 aromatic rings. The molecule has 1 rings (SSSR count). The van der Waals surface area contributed by atoms with Gasteiger partial charge in [-0.3, -0.25) is 9.78 Å². The Labute approximate surface area is 127 Å². The van der Waals surface area contributed by atoms with E-state index in [1.807, 2.05) is 4.90 Å². The summed E-state index contributed by atoms with van der Waals surface area (Å²) in [6.45, 7) is 9.00. The predicted octanol–water partition coefficient (Wildman–Crippen LogP) is 2.65. The van der Waals surface area contributed by atoms with Crippen molar-refractivity contribution in [1.29, 1.82) is 0 Å². The maximum atomic E-state index is 12.8. The molecule has 0 atom stereocenters. The summed E-state index contributed by atoms with van der Waals surface area (Å²) in [5.41, 5.74) is 1.48. The highest BCUT2D eigenvalue weighted by Crippen LogP contribution is 2.17. The van der Waals surface area contributed by atoms with E-state index in [0.717, 1.165) is 25.2 Å². The fraction of sp³-hybridized carbons (Fsp3) is 0.625. The van der Waals surface area contributed by atoms with Crippen LogP contribution in [-0.2, 0) is 4.74 Å². The molecule has 21 heavy (non-hydrogen) atoms. The first-order valence-corrected chi connectivity index (χ1v) is 7.56. The number of anilines is 1. The quantitative estimate of drug-likeness (QED) is 0.760. The highest BCUT2D eigenvalue weighted by atomic mass is 16.5. The first-order valence-electron chi connectivity index (χ1n) is 7.56. The Hall–Kier alpha value is -1.62. The van der Waals surface area contributed by atoms with E-state index in [2.05, 4.69) is 31.1 Å². The van der Waals surface area contributed by atoms with Gasteiger partial charge in [0, 0.05) is 32.9 Å². The maximum Gasteiger partial charge on any atom is 0.256 e. The average Bonchev–Trinajstić information content (AvgIpc) is 2.48. The topological polar surface area (TPSA) is 54.5 Å². The summed E-state index contributed by atoms with van der Waals surface area (Å²) in [7, 11) is 1.65. The van der Waals surface area contributed by atoms with Gasteiger partial charge in [0.15, 0.2) is 0 Å². The van der Waals surface area contributed by atoms with E-state index in [1.165, 1.54) is 0 Å². The van der Waals surface area contributed by atoms with Crippen molar-refractivity contribution in [2.75, 3.05) is 38.7 Å². The Kier molecular flexibility index (Phi) is 7.75. The summed E-state index contributed by atoms with van der Waals surface area (Å²) in [5, 5.41) is 3.27. The molecule has 1 aromatic heterocycles. The number of amides is 1. The van der Waals surface area contributed by atoms with E-state index < -0.39 is 0 Å². The lowest BCUT2D eigenvalue weighted by Crippen LogP contribution is -2.37. The number of rotatable bonds is 9. The highest BCUT2D eigenvalue weighted by molar-refractivity contribution is 5.99. The van der Waals surface area contributed by atoms with Gasteiger partial charge in [0.2, 0.25) is 0 Å². The molecule has 0 spiro atoms. The molecule has 0 saturated heterocycles. The van der Waals surface area contributed by atoms with Crippen LogP contribution in [0.4, 0.5) is 5.69 Å². The standard InChI is InChI=1S/C16H27N3O2/c1-5-7-18-15-11-17-8-6-14(15)16(20)19(9-10-21-4)12-13(2)3/h6,8,11,13,18H,5,7,9-10,12H2,1-4H3. The third-order valence-electron chi connectivity index (χ3n) is 3.06. The van der Waals surface area contributed by atoms with Gasteiger partial charge in [-0.05, 0) is 18.4 Å². The van der Waals surface area contributed by atoms with Gasteiger partial charge in [0.1, 0.15) is 0 Å². The molecule has 0 aliphatic heterocycles. The van der Waals surface area contributed by atoms with Crippen molar-refractivity contribution >= 4 is 11.6 Å². The third kappa shape index (κ3) is 5.71. The molecule has 1 N–H and O–H groups in total. The lowest BCUT2D eigenvalue weighted by Gasteiger charge is -2.25. The minimum Gasteiger partial charge on any atom is -0.383 e. The average molecular weight is 293 g/mol. The predicted molar refractivity (Wildman–Crippen MR) is 85.6 cm³/mol. The van der Waals surface area contributed by atoms with E-state index in [4.69, 9.17) is 4.74 Å². The number of hydrogen-bond donors (Lipinski definition) is 1. The zero-order valence-electron chi connectivity index (χ0n) is 13.6. The summed E-state index contributed by atoms with van der Waals surface area (Å²) in [6.07, 6.45) is 4.38. The Morgan fingerprint density at radius 2 is 2.24 bits per heavy atom. The number of nitrogens with zero attached hydrogens (tertiary/aromatic N) is 2. The molecule has 0 bridgehead atoms. The maximum absolute atomic E-state index is 12.8. The molecular formula is C16H27N3O2. The third-order valence-corrected chi connectivity index (χ3v) is 3.06. The number of nitrogens with one attached hydrogen (secondary N) is 1. The fourth-order valence-electron chi connectivity index (χ4n) is 2.07. The zero-order chi connectivity index (χ0) is 15.7. The second kappa shape index (κ2) is 9.34. The van der Waals surface area contributed by atoms with Crippen molar-refractivity contribution in [3.05, 3.63) is 24.0 Å². The highest BCUT2D eigenvalue weighted by Gasteiger charge is 2.19. The zero-order valence-corrected chi connectivity index (χ0v) is 13.6. The number of carbonyl (C=O) groups is 1. The second-order valence-electron chi connectivity index (χ2n) is 5.49. The van der Waals surface area contributed by atoms with Gasteiger partial charge in [-0.1, -0.05) is 20.8 Å². The van der Waals surface area contributed by atoms with Gasteiger partial charge in [0.25, 0.3) is 5.91 Å². The normalized spacial score (nSPS) is 10.7. The van der Waals surface area contributed by atoms with Crippen molar-refractivity contribution in [3.8, 4) is 0 Å². The summed E-state index contributed by atoms with van der Waals surface area (Å²) >= 11 is 0. The molecule has 118 valence electrons. The van der Waals surface area contributed by atoms with Gasteiger partial charge >= 0.3 is 0 Å². The van der Waals surface area contributed by atoms with Crippen molar-refractivity contribution in [2.45, 2.75) is 27.2 Å². The van der Waals surface area contributed by atoms with Gasteiger partial charge in [-0.2, -0.15) is 0 Å². The molecule has 5 heteroatoms. The molecular weight excluding hydrogens is 266 g/mol. The molecule has 0 radical (unpaired) electrons. The number of methoxy groups -OCH3 is 1. The molecule has 0 fully saturated rings. The largest absolute Gasteiger partial charge is 0.383 e. The van der Waals surface area contributed by atoms with Crippen molar-refractivity contribution in [3.63, 3.8) is 0 Å². The van der Waals surface area contributed by atoms with Crippen LogP contribution < -0.4 is 5.32 Å². The molecule has 5 nitrogen and oxygen atoms in total. The van der Waals surface area contributed by atoms with Crippen LogP contribution in [0.2, 0.25) is 0 Å². The van der Waals surface area contributed by atoms with E-state index in [-0.39, 0.29) is 5.91 Å². The van der Waals surface area contributed by atoms with Crippen LogP contribution in [-0.4, -0.2) is 49.1 Å². The van der Waals surface area contributed by atoms with Gasteiger partial charge in [-0.15, -0.1) is 0 Å². The summed E-state index contributed by atoms with van der Waals surface area (Å²) in [5.74, 6) is 0.446. The number of aromatic nitrogens is 1. The van der Waals surface area contributed by atoms with Crippen LogP contribution in [0.1, 0.15) is 37.6 Å². The first kappa shape index (κ1) is 17.4. The summed E-state index contributed by atoms with van der Waals surface area (Å²) in [6, 6.07) is 1.78. The Bertz CT molecular complexity index is 435. The van der Waals surface area contributed by atoms with Crippen molar-refractivity contribution in [1.82, 2.24) is 9.88 Å². The fourth-order valence-corrected chi connectivity index (χ4v) is 2.07. The van der Waals surface area contributed by atoms with Crippen molar-refractivity contribution in [2.24, 2.45) is 5.92 Å². The van der Waals surface area contributed by atoms with Crippen LogP contribution in [0.25, 0.3) is 0 Å². The number of ether oxygens (including phenoxy) is 1. The Balaban J connectivity index is 2.91. The van der Waals surface area contributed by atoms with E-state index in [1.54, 1.807) is 25.6 Å². The van der Waals surface area contributed by atoms with Crippen LogP contribution in [0.5, 0.6) is 0 Å². The smallest absolute Gasteiger partial charge is 0.256 e. The van der Waals surface area contributed by atoms with E-state index in [9.17, 15) is 4.79 Å². The number of carbonyl (C=O) groups excluding carboxylic acids is 1. The molecule has 0 saturated carbocycles. The van der Waals surface area contributed by atoms with Crippen molar-refractivity contribution < 1.29 is 9.53 Å². The van der Waals surface area contributed by atoms with E-state index >= 15 is 0 Å². The lowest BCUT2D eigenvalue weighted by molar-refractivity contribution is 0.0673. The summed E-state index contributed by atoms with van der Waals surface area (Å²) in [4.78, 5) is 18.7. The van der Waals surface area contributed by atoms with Crippen LogP contribution in [0.3, 0.4) is 0 Å². The lowest BCUT2D eigenvalue weighted by atomic mass is 10.1. The minimum atomic E-state index is 0.0294. The first-order chi connectivity index (χ1) is 10.1. The number of pyridine rings is 1. The Morgan fingerprint density at radius 3 is 2.86 bits per heavy atom. The van der Waals surface area contributed by atoms with E-state index in [0.29, 0.717) is 24.6 Å². The molecule has 1 heterocycles. The van der Waals surface area contributed by atoms with Crippen LogP contribution in [0.15, 0.2) is 18.5 Å². The summed E-state index contributed by atoms with van der Waals surface area (Å²) < 4.78 is 5.11. The molecule has 0 aliphatic carbocycles. The minimum absolute atomic E-state index is 0.0294. The monoisotopic (exact) mass is 293 g/mol. The van der Waals surface area contributed by atoms with Crippen LogP contribution >= 0.6 is 0 Å². The molecule has 0 unspecified atom stereocenters. The SMILES string of the molecule is CCCNc1cnccc1C(=O)N(CCOC)CC(C)C. The van der Waals surface area contributed by atoms with Gasteiger partial charge in [0.05, 0.1) is 24.1 Å². The molecule has 0 aromatic carbocycles. The second-order valence-corrected chi connectivity index (χ2v) is 5.49. The number of hydrogen-bond acceptors (Lipinski definition) is 4. The van der Waals surface area contributed by atoms with Gasteiger partial charge < -0.3 is 15.0 Å². The molecule has 0 aliphatic rings. The molecule has 1 amide bonds. The Morgan fingerprint density at radius 1 is 1.48 bits per heavy atom.